The zero-order valence-electron chi connectivity index (χ0n) is 66.2. The second kappa shape index (κ2) is 48.5. The number of unbranched alkanes of at least 4 members (excludes halogenated alkanes) is 4. The molecular weight excluding hydrogens is 1450 g/mol. The molecule has 0 amide bonds. The van der Waals surface area contributed by atoms with E-state index in [4.69, 9.17) is 22.1 Å². The Hall–Kier alpha value is -0.608. The number of aliphatic hydroxyl groups is 1. The van der Waals surface area contributed by atoms with Crippen LogP contribution in [0.1, 0.15) is 224 Å². The van der Waals surface area contributed by atoms with Gasteiger partial charge in [0, 0.05) is 17.4 Å². The van der Waals surface area contributed by atoms with E-state index in [1.807, 2.05) is 0 Å². The van der Waals surface area contributed by atoms with Crippen LogP contribution in [0.2, 0.25) is 0 Å². The average Bonchev–Trinajstić information content (AvgIpc) is 1.57. The second-order valence-electron chi connectivity index (χ2n) is 31.5. The minimum absolute atomic E-state index is 0. The molecule has 0 spiro atoms. The monoisotopic (exact) mass is 1590 g/mol. The SMILES string of the molecule is C=CCCCCC(c1ccccc1)(C1CCCC1)C1C2C=C(C(C)(C)C)C=CC2C2C=CC(C(C)(C)C)=CC21.C=CCCCCC(c1ccccc1)(C1CCCC1)C1C2C=C(C(C)(C)C)C=CC2C2C=CC(C(C)(C)C)=CC21.CCC.CCO.[Br-].[CH3-].[CH3-].[CH3-].[CH3-].[CH3-].[CH3-].[CH3-].[Cl][Zr+2][Cl].[Mg+2].[Zr+4]. The van der Waals surface area contributed by atoms with Gasteiger partial charge in [0.1, 0.15) is 0 Å². The summed E-state index contributed by atoms with van der Waals surface area (Å²) in [5, 5.41) is 7.57. The van der Waals surface area contributed by atoms with Crippen LogP contribution in [0, 0.1) is 145 Å². The largest absolute Gasteiger partial charge is 4.00 e. The van der Waals surface area contributed by atoms with Gasteiger partial charge in [-0.3, -0.25) is 0 Å². The predicted octanol–water partition coefficient (Wildman–Crippen LogP) is 24.6. The van der Waals surface area contributed by atoms with Gasteiger partial charge in [-0.15, -0.1) is 13.2 Å². The molecule has 0 aliphatic heterocycles. The van der Waals surface area contributed by atoms with E-state index in [0.29, 0.717) is 59.2 Å². The molecule has 4 fully saturated rings. The Kier molecular flexibility index (Phi) is 52.5. The average molecular weight is 1600 g/mol. The number of fused-ring (bicyclic) bond motifs is 6. The molecule has 540 valence electrons. The first-order chi connectivity index (χ1) is 41.4. The number of hydrogen-bond donors (Lipinski definition) is 1. The fourth-order valence-electron chi connectivity index (χ4n) is 17.9. The molecule has 0 radical (unpaired) electrons. The molecule has 7 heteroatoms. The molecule has 1 N–H and O–H groups in total. The van der Waals surface area contributed by atoms with Crippen LogP contribution < -0.4 is 17.0 Å². The summed E-state index contributed by atoms with van der Waals surface area (Å²) in [5.74, 6) is 7.48. The van der Waals surface area contributed by atoms with Crippen molar-refractivity contribution in [2.45, 2.75) is 224 Å². The van der Waals surface area contributed by atoms with Crippen molar-refractivity contribution >= 4 is 40.1 Å². The van der Waals surface area contributed by atoms with E-state index in [0.717, 1.165) is 24.7 Å². The van der Waals surface area contributed by atoms with E-state index in [2.05, 4.69) is 256 Å². The molecule has 0 aromatic heterocycles. The fraction of sp³-hybridized carbons (Fsp3) is 0.567. The molecule has 10 rings (SSSR count). The maximum atomic E-state index is 7.57. The minimum Gasteiger partial charge on any atom is 2.00 e. The molecule has 2 aromatic rings. The second-order valence-corrected chi connectivity index (χ2v) is 35.3. The molecule has 2 aromatic carbocycles. The van der Waals surface area contributed by atoms with Crippen LogP contribution in [0.15, 0.2) is 181 Å². The molecule has 0 heterocycles. The van der Waals surface area contributed by atoms with E-state index >= 15 is 0 Å². The van der Waals surface area contributed by atoms with E-state index in [1.54, 1.807) is 18.1 Å². The van der Waals surface area contributed by atoms with Crippen LogP contribution in [0.3, 0.4) is 0 Å². The fourth-order valence-corrected chi connectivity index (χ4v) is 17.9. The van der Waals surface area contributed by atoms with Crippen LogP contribution in [-0.4, -0.2) is 34.8 Å². The molecular formula is C90H143BrCl2MgOZr2. The number of halogens is 3. The summed E-state index contributed by atoms with van der Waals surface area (Å²) >= 11 is -0.826. The van der Waals surface area contributed by atoms with E-state index in [-0.39, 0.29) is 157 Å². The maximum Gasteiger partial charge on any atom is 4.00 e. The molecule has 97 heavy (non-hydrogen) atoms. The summed E-state index contributed by atoms with van der Waals surface area (Å²) in [5.41, 5.74) is 10.5. The molecule has 8 aliphatic rings. The van der Waals surface area contributed by atoms with Gasteiger partial charge < -0.3 is 74.1 Å². The Balaban J connectivity index is -0.000000474. The first kappa shape index (κ1) is 105. The maximum absolute atomic E-state index is 7.57. The van der Waals surface area contributed by atoms with Gasteiger partial charge in [-0.05, 0) is 197 Å². The smallest absolute Gasteiger partial charge is 2.00 e. The van der Waals surface area contributed by atoms with E-state index in [1.165, 1.54) is 119 Å². The van der Waals surface area contributed by atoms with Crippen molar-refractivity contribution in [1.82, 2.24) is 0 Å². The number of allylic oxidation sites excluding steroid dienone is 18. The zero-order valence-corrected chi connectivity index (χ0v) is 75.6. The van der Waals surface area contributed by atoms with Crippen molar-refractivity contribution in [3.63, 3.8) is 0 Å². The van der Waals surface area contributed by atoms with Crippen molar-refractivity contribution in [3.05, 3.63) is 244 Å². The predicted molar refractivity (Wildman–Crippen MR) is 430 cm³/mol. The van der Waals surface area contributed by atoms with Gasteiger partial charge >= 0.3 is 87.1 Å². The third kappa shape index (κ3) is 25.9. The van der Waals surface area contributed by atoms with Crippen molar-refractivity contribution < 1.29 is 69.1 Å². The van der Waals surface area contributed by atoms with E-state index < -0.39 is 20.8 Å². The summed E-state index contributed by atoms with van der Waals surface area (Å²) in [6.07, 6.45) is 58.1. The van der Waals surface area contributed by atoms with Crippen molar-refractivity contribution in [2.75, 3.05) is 6.61 Å². The summed E-state index contributed by atoms with van der Waals surface area (Å²) < 4.78 is 0. The van der Waals surface area contributed by atoms with Crippen LogP contribution >= 0.6 is 17.0 Å². The first-order valence-electron chi connectivity index (χ1n) is 34.9. The van der Waals surface area contributed by atoms with Crippen LogP contribution in [0.5, 0.6) is 0 Å². The molecule has 10 unspecified atom stereocenters. The summed E-state index contributed by atoms with van der Waals surface area (Å²) in [4.78, 5) is 0. The Bertz CT molecular complexity index is 2420. The normalized spacial score (nSPS) is 24.9. The van der Waals surface area contributed by atoms with Crippen LogP contribution in [0.4, 0.5) is 0 Å². The van der Waals surface area contributed by atoms with Gasteiger partial charge in [-0.25, -0.2) is 0 Å². The molecule has 0 saturated heterocycles. The zero-order chi connectivity index (χ0) is 63.8. The van der Waals surface area contributed by atoms with Crippen LogP contribution in [0.25, 0.3) is 0 Å². The summed E-state index contributed by atoms with van der Waals surface area (Å²) in [6.45, 7) is 43.0. The Morgan fingerprint density at radius 3 is 0.845 bits per heavy atom. The standard InChI is InChI=1S/2C39H54.C3H8.C2H6O.7CH3.BrH.2ClH.Mg.2Zr/c2*1-8-9-10-16-25-39(29-19-14-15-20-29,28-17-12-11-13-18-28)36-34-26-30(37(2,3)4)21-23-32(34)33-24-22-31(27-35(33)36)38(5,6)7;1-3-2;1-2-3;;;;;;;;;;;;;/h2*8,11-13,17-18,21-24,26-27,29,32-36H,1,9-10,14-16,19-20,25H2,2-7H3;3H2,1-2H3;3H,2H2,1H3;7*1H3;3*1H;;;/q;;;;7*-1;;;;+2;2*+4/p-3. The van der Waals surface area contributed by atoms with Crippen LogP contribution in [-0.2, 0) is 57.9 Å². The Labute approximate surface area is 669 Å². The molecule has 8 aliphatic carbocycles. The summed E-state index contributed by atoms with van der Waals surface area (Å²) in [7, 11) is 9.87. The topological polar surface area (TPSA) is 20.2 Å². The third-order valence-electron chi connectivity index (χ3n) is 21.7. The van der Waals surface area contributed by atoms with E-state index in [9.17, 15) is 0 Å². The van der Waals surface area contributed by atoms with Gasteiger partial charge in [-0.2, -0.15) is 0 Å². The van der Waals surface area contributed by atoms with Gasteiger partial charge in [0.15, 0.2) is 0 Å². The molecule has 4 saturated carbocycles. The first-order valence-corrected chi connectivity index (χ1v) is 41.2. The van der Waals surface area contributed by atoms with Gasteiger partial charge in [0.2, 0.25) is 0 Å². The van der Waals surface area contributed by atoms with Crippen molar-refractivity contribution in [2.24, 2.45) is 92.7 Å². The van der Waals surface area contributed by atoms with Gasteiger partial charge in [-0.1, -0.05) is 288 Å². The molecule has 1 nitrogen and oxygen atoms in total. The molecule has 10 atom stereocenters. The number of hydrogen-bond acceptors (Lipinski definition) is 1. The third-order valence-corrected chi connectivity index (χ3v) is 21.7. The van der Waals surface area contributed by atoms with Crippen molar-refractivity contribution in [1.29, 1.82) is 0 Å². The summed E-state index contributed by atoms with van der Waals surface area (Å²) in [6, 6.07) is 23.8. The number of benzene rings is 2. The quantitative estimate of drug-likeness (QED) is 0.0769. The van der Waals surface area contributed by atoms with Crippen molar-refractivity contribution in [3.8, 4) is 0 Å². The Morgan fingerprint density at radius 1 is 0.433 bits per heavy atom. The number of rotatable bonds is 16. The Morgan fingerprint density at radius 2 is 0.649 bits per heavy atom. The van der Waals surface area contributed by atoms with Gasteiger partial charge in [0.05, 0.1) is 0 Å². The minimum atomic E-state index is -0.826. The van der Waals surface area contributed by atoms with Gasteiger partial charge in [0.25, 0.3) is 0 Å². The number of aliphatic hydroxyl groups excluding tert-OH is 1. The molecule has 0 bridgehead atoms.